The Balaban J connectivity index is 0.00000169. The van der Waals surface area contributed by atoms with Crippen molar-refractivity contribution in [2.75, 3.05) is 7.05 Å². The fraction of sp³-hybridized carbons (Fsp3) is 1.00. The van der Waals surface area contributed by atoms with Crippen LogP contribution in [0.2, 0.25) is 0 Å². The second-order valence-electron chi connectivity index (χ2n) is 6.16. The van der Waals surface area contributed by atoms with Gasteiger partial charge in [0.25, 0.3) is 0 Å². The van der Waals surface area contributed by atoms with Gasteiger partial charge in [-0.1, -0.05) is 40.5 Å². The smallest absolute Gasteiger partial charge is 0.662 e. The van der Waals surface area contributed by atoms with Crippen molar-refractivity contribution in [3.8, 4) is 0 Å². The van der Waals surface area contributed by atoms with E-state index in [0.29, 0.717) is 16.9 Å². The van der Waals surface area contributed by atoms with Crippen LogP contribution in [-0.2, 0) is 0 Å². The van der Waals surface area contributed by atoms with Gasteiger partial charge in [0.1, 0.15) is 0 Å². The van der Waals surface area contributed by atoms with Gasteiger partial charge in [0.15, 0.2) is 0 Å². The van der Waals surface area contributed by atoms with Gasteiger partial charge < -0.3 is 5.32 Å². The summed E-state index contributed by atoms with van der Waals surface area (Å²) in [6.07, 6.45) is 5.23. The van der Waals surface area contributed by atoms with Gasteiger partial charge in [-0.3, -0.25) is 0 Å². The number of hydrogen-bond acceptors (Lipinski definition) is 0. The van der Waals surface area contributed by atoms with Crippen molar-refractivity contribution in [3.05, 3.63) is 5.32 Å². The molecule has 0 amide bonds. The van der Waals surface area contributed by atoms with Gasteiger partial charge in [-0.2, -0.15) is 7.05 Å². The summed E-state index contributed by atoms with van der Waals surface area (Å²) in [4.78, 5) is 0. The molecule has 0 bridgehead atoms. The molecule has 78 valence electrons. The predicted octanol–water partition coefficient (Wildman–Crippen LogP) is 0.989. The van der Waals surface area contributed by atoms with Gasteiger partial charge in [-0.15, -0.1) is 6.04 Å². The summed E-state index contributed by atoms with van der Waals surface area (Å²) >= 11 is 0. The third-order valence-corrected chi connectivity index (χ3v) is 3.26. The Morgan fingerprint density at radius 2 is 1.64 bits per heavy atom. The fourth-order valence-corrected chi connectivity index (χ4v) is 2.97. The van der Waals surface area contributed by atoms with Crippen LogP contribution in [0.4, 0.5) is 0 Å². The van der Waals surface area contributed by atoms with E-state index in [1.54, 1.807) is 0 Å². The van der Waals surface area contributed by atoms with Crippen LogP contribution in [0, 0.1) is 10.8 Å². The molecule has 1 saturated carbocycles. The second-order valence-corrected chi connectivity index (χ2v) is 6.16. The van der Waals surface area contributed by atoms with Crippen molar-refractivity contribution in [1.82, 2.24) is 0 Å². The van der Waals surface area contributed by atoms with Gasteiger partial charge in [0.2, 0.25) is 0 Å². The van der Waals surface area contributed by atoms with Crippen molar-refractivity contribution >= 4 is 0 Å². The van der Waals surface area contributed by atoms with Gasteiger partial charge >= 0.3 is 58.2 Å². The quantitative estimate of drug-likeness (QED) is 0.629. The van der Waals surface area contributed by atoms with Crippen molar-refractivity contribution in [2.45, 2.75) is 59.4 Å². The van der Waals surface area contributed by atoms with E-state index >= 15 is 0 Å². The van der Waals surface area contributed by atoms with Gasteiger partial charge in [-0.05, 0) is 23.7 Å². The van der Waals surface area contributed by atoms with E-state index in [0.717, 1.165) is 0 Å². The molecule has 0 radical (unpaired) electrons. The largest absolute Gasteiger partial charge is 1.00 e. The molecule has 1 atom stereocenters. The molecule has 1 aliphatic rings. The molecule has 1 nitrogen and oxygen atoms in total. The zero-order valence-corrected chi connectivity index (χ0v) is 15.8. The second kappa shape index (κ2) is 5.91. The van der Waals surface area contributed by atoms with E-state index in [1.807, 2.05) is 7.05 Å². The summed E-state index contributed by atoms with van der Waals surface area (Å²) in [5.74, 6) is 0. The molecule has 1 fully saturated rings. The Morgan fingerprint density at radius 1 is 1.07 bits per heavy atom. The Hall–Kier alpha value is 1.77. The summed E-state index contributed by atoms with van der Waals surface area (Å²) in [6, 6.07) is 0.608. The number of nitrogens with zero attached hydrogens (tertiary/aromatic N) is 1. The average Bonchev–Trinajstić information content (AvgIpc) is 2.04. The monoisotopic (exact) mass is 267 g/mol. The first-order valence-corrected chi connectivity index (χ1v) is 5.44. The number of hydrogen-bond donors (Lipinski definition) is 0. The Bertz CT molecular complexity index is 175. The molecule has 0 saturated heterocycles. The number of rotatable bonds is 1. The molecular weight excluding hydrogens is 244 g/mol. The van der Waals surface area contributed by atoms with Crippen LogP contribution in [0.15, 0.2) is 0 Å². The molecule has 1 unspecified atom stereocenters. The van der Waals surface area contributed by atoms with E-state index in [9.17, 15) is 0 Å². The normalized spacial score (nSPS) is 30.2. The van der Waals surface area contributed by atoms with Crippen LogP contribution >= 0.6 is 0 Å². The van der Waals surface area contributed by atoms with E-state index < -0.39 is 0 Å². The van der Waals surface area contributed by atoms with Gasteiger partial charge in [0, 0.05) is 0 Å². The molecule has 1 aliphatic carbocycles. The fourth-order valence-electron chi connectivity index (χ4n) is 2.97. The molecule has 0 heterocycles. The van der Waals surface area contributed by atoms with Crippen molar-refractivity contribution < 1.29 is 58.2 Å². The third-order valence-electron chi connectivity index (χ3n) is 3.26. The van der Waals surface area contributed by atoms with Crippen LogP contribution in [0.1, 0.15) is 53.4 Å². The van der Waals surface area contributed by atoms with E-state index in [1.165, 1.54) is 25.7 Å². The zero-order valence-electron chi connectivity index (χ0n) is 10.9. The van der Waals surface area contributed by atoms with E-state index in [2.05, 4.69) is 33.0 Å². The van der Waals surface area contributed by atoms with E-state index in [4.69, 9.17) is 0 Å². The standard InChI is InChI=1S/C12H24N.Rb/c1-11(2)7-6-10(13-5)8-12(3,4)9-11;/h10H,6-9H2,1-5H3;/q-1;+1. The Labute approximate surface area is 139 Å². The van der Waals surface area contributed by atoms with Gasteiger partial charge in [0.05, 0.1) is 0 Å². The molecule has 14 heavy (non-hydrogen) atoms. The molecule has 0 aromatic rings. The molecule has 2 heteroatoms. The maximum absolute atomic E-state index is 4.47. The minimum Gasteiger partial charge on any atom is -0.662 e. The van der Waals surface area contributed by atoms with Crippen molar-refractivity contribution in [2.24, 2.45) is 10.8 Å². The van der Waals surface area contributed by atoms with Gasteiger partial charge in [-0.25, -0.2) is 0 Å². The molecule has 1 rings (SSSR count). The minimum atomic E-state index is 0. The zero-order chi connectivity index (χ0) is 10.1. The van der Waals surface area contributed by atoms with E-state index in [-0.39, 0.29) is 58.2 Å². The van der Waals surface area contributed by atoms with Crippen LogP contribution < -0.4 is 58.2 Å². The summed E-state index contributed by atoms with van der Waals surface area (Å²) < 4.78 is 0. The summed E-state index contributed by atoms with van der Waals surface area (Å²) in [6.45, 7) is 9.57. The Kier molecular flexibility index (Phi) is 6.65. The molecule has 0 N–H and O–H groups in total. The first-order chi connectivity index (χ1) is 5.85. The average molecular weight is 268 g/mol. The molecule has 0 aliphatic heterocycles. The maximum atomic E-state index is 4.47. The minimum absolute atomic E-state index is 0. The first kappa shape index (κ1) is 15.8. The summed E-state index contributed by atoms with van der Waals surface area (Å²) in [5, 5.41) is 4.47. The third kappa shape index (κ3) is 5.20. The SMILES string of the molecule is C[N-]C1CCC(C)(C)CC(C)(C)C1.[Rb+]. The first-order valence-electron chi connectivity index (χ1n) is 5.44. The molecule has 0 spiro atoms. The van der Waals surface area contributed by atoms with Crippen LogP contribution in [-0.4, -0.2) is 13.1 Å². The topological polar surface area (TPSA) is 14.1 Å². The van der Waals surface area contributed by atoms with Crippen molar-refractivity contribution in [3.63, 3.8) is 0 Å². The Morgan fingerprint density at radius 3 is 2.14 bits per heavy atom. The van der Waals surface area contributed by atoms with Crippen LogP contribution in [0.25, 0.3) is 5.32 Å². The predicted molar refractivity (Wildman–Crippen MR) is 59.1 cm³/mol. The molecular formula is C12H24NRb. The van der Waals surface area contributed by atoms with Crippen molar-refractivity contribution in [1.29, 1.82) is 0 Å². The summed E-state index contributed by atoms with van der Waals surface area (Å²) in [5.41, 5.74) is 0.993. The van der Waals surface area contributed by atoms with Crippen LogP contribution in [0.3, 0.4) is 0 Å². The molecule has 0 aromatic heterocycles. The maximum Gasteiger partial charge on any atom is 1.00 e. The summed E-state index contributed by atoms with van der Waals surface area (Å²) in [7, 11) is 1.97. The van der Waals surface area contributed by atoms with Crippen LogP contribution in [0.5, 0.6) is 0 Å². The molecule has 0 aromatic carbocycles.